The van der Waals surface area contributed by atoms with Crippen molar-refractivity contribution >= 4 is 11.9 Å². The number of benzene rings is 1. The van der Waals surface area contributed by atoms with E-state index in [2.05, 4.69) is 5.32 Å². The highest BCUT2D eigenvalue weighted by Crippen LogP contribution is 2.33. The molecule has 1 aliphatic carbocycles. The van der Waals surface area contributed by atoms with E-state index in [-0.39, 0.29) is 5.75 Å². The third-order valence-electron chi connectivity index (χ3n) is 3.45. The first-order chi connectivity index (χ1) is 10.8. The van der Waals surface area contributed by atoms with Gasteiger partial charge >= 0.3 is 12.1 Å². The molecule has 23 heavy (non-hydrogen) atoms. The maximum Gasteiger partial charge on any atom is 0.416 e. The molecule has 1 aromatic rings. The zero-order chi connectivity index (χ0) is 17.0. The fraction of sp³-hybridized carbons (Fsp3) is 0.467. The van der Waals surface area contributed by atoms with E-state index < -0.39 is 36.3 Å². The van der Waals surface area contributed by atoms with Crippen LogP contribution in [0.2, 0.25) is 0 Å². The molecule has 1 aliphatic rings. The maximum atomic E-state index is 12.4. The van der Waals surface area contributed by atoms with Gasteiger partial charge in [0.2, 0.25) is 0 Å². The monoisotopic (exact) mass is 331 g/mol. The molecule has 1 atom stereocenters. The number of carboxylic acids is 1. The Morgan fingerprint density at radius 3 is 2.35 bits per heavy atom. The van der Waals surface area contributed by atoms with Gasteiger partial charge in [-0.1, -0.05) is 12.8 Å². The number of hydrogen-bond acceptors (Lipinski definition) is 3. The number of ether oxygens (including phenoxy) is 1. The van der Waals surface area contributed by atoms with Gasteiger partial charge in [0, 0.05) is 0 Å². The molecule has 1 fully saturated rings. The lowest BCUT2D eigenvalue weighted by Gasteiger charge is -2.14. The number of rotatable bonds is 7. The van der Waals surface area contributed by atoms with E-state index in [9.17, 15) is 22.8 Å². The minimum Gasteiger partial charge on any atom is -0.484 e. The highest BCUT2D eigenvalue weighted by atomic mass is 19.4. The summed E-state index contributed by atoms with van der Waals surface area (Å²) >= 11 is 0. The van der Waals surface area contributed by atoms with Gasteiger partial charge < -0.3 is 15.2 Å². The predicted octanol–water partition coefficient (Wildman–Crippen LogP) is 2.45. The molecular weight excluding hydrogens is 315 g/mol. The van der Waals surface area contributed by atoms with Crippen LogP contribution in [0.5, 0.6) is 5.75 Å². The molecule has 0 aromatic heterocycles. The van der Waals surface area contributed by atoms with E-state index in [1.54, 1.807) is 0 Å². The molecule has 0 radical (unpaired) electrons. The lowest BCUT2D eigenvalue weighted by Crippen LogP contribution is -2.43. The summed E-state index contributed by atoms with van der Waals surface area (Å²) in [6.45, 7) is -0.459. The van der Waals surface area contributed by atoms with E-state index >= 15 is 0 Å². The molecule has 0 aliphatic heterocycles. The van der Waals surface area contributed by atoms with Crippen LogP contribution in [-0.2, 0) is 15.8 Å². The number of carboxylic acid groups (broad SMARTS) is 1. The molecule has 0 heterocycles. The second-order valence-electron chi connectivity index (χ2n) is 5.45. The Morgan fingerprint density at radius 2 is 1.87 bits per heavy atom. The summed E-state index contributed by atoms with van der Waals surface area (Å²) in [6.07, 6.45) is -2.14. The topological polar surface area (TPSA) is 75.6 Å². The van der Waals surface area contributed by atoms with Gasteiger partial charge in [0.15, 0.2) is 6.61 Å². The number of carbonyl (C=O) groups excluding carboxylic acids is 1. The molecule has 126 valence electrons. The van der Waals surface area contributed by atoms with E-state index in [0.717, 1.165) is 37.1 Å². The summed E-state index contributed by atoms with van der Waals surface area (Å²) in [7, 11) is 0. The normalized spacial score (nSPS) is 15.8. The van der Waals surface area contributed by atoms with E-state index in [1.807, 2.05) is 0 Å². The minimum absolute atomic E-state index is 0.0993. The van der Waals surface area contributed by atoms with Crippen LogP contribution in [0.4, 0.5) is 13.2 Å². The largest absolute Gasteiger partial charge is 0.484 e. The van der Waals surface area contributed by atoms with Crippen molar-refractivity contribution in [2.75, 3.05) is 6.61 Å². The van der Waals surface area contributed by atoms with Crippen LogP contribution in [0.15, 0.2) is 24.3 Å². The lowest BCUT2D eigenvalue weighted by atomic mass is 10.1. The molecule has 1 unspecified atom stereocenters. The van der Waals surface area contributed by atoms with Crippen LogP contribution in [0.1, 0.15) is 24.8 Å². The highest BCUT2D eigenvalue weighted by Gasteiger charge is 2.31. The molecule has 1 saturated carbocycles. The third-order valence-corrected chi connectivity index (χ3v) is 3.45. The molecule has 0 saturated heterocycles. The van der Waals surface area contributed by atoms with Crippen molar-refractivity contribution in [3.63, 3.8) is 0 Å². The molecule has 1 amide bonds. The predicted molar refractivity (Wildman–Crippen MR) is 73.8 cm³/mol. The Kier molecular flexibility index (Phi) is 5.12. The number of aliphatic carboxylic acids is 1. The Labute approximate surface area is 130 Å². The van der Waals surface area contributed by atoms with Crippen LogP contribution < -0.4 is 10.1 Å². The second kappa shape index (κ2) is 6.89. The molecule has 5 nitrogen and oxygen atoms in total. The fourth-order valence-corrected chi connectivity index (χ4v) is 2.03. The Balaban J connectivity index is 1.82. The summed E-state index contributed by atoms with van der Waals surface area (Å²) in [5, 5.41) is 11.4. The number of alkyl halides is 3. The van der Waals surface area contributed by atoms with Gasteiger partial charge in [0.05, 0.1) is 5.56 Å². The van der Waals surface area contributed by atoms with Gasteiger partial charge in [0.1, 0.15) is 11.8 Å². The molecular formula is C15H16F3NO4. The van der Waals surface area contributed by atoms with E-state index in [0.29, 0.717) is 12.3 Å². The van der Waals surface area contributed by atoms with Gasteiger partial charge in [-0.25, -0.2) is 4.79 Å². The van der Waals surface area contributed by atoms with Gasteiger partial charge in [-0.05, 0) is 36.6 Å². The molecule has 2 rings (SSSR count). The quantitative estimate of drug-likeness (QED) is 0.805. The summed E-state index contributed by atoms with van der Waals surface area (Å²) in [5.74, 6) is -1.31. The van der Waals surface area contributed by atoms with Crippen molar-refractivity contribution in [1.82, 2.24) is 5.32 Å². The van der Waals surface area contributed by atoms with Gasteiger partial charge in [-0.3, -0.25) is 4.79 Å². The Bertz CT molecular complexity index is 567. The van der Waals surface area contributed by atoms with Crippen molar-refractivity contribution in [3.05, 3.63) is 29.8 Å². The highest BCUT2D eigenvalue weighted by molar-refractivity contribution is 5.84. The summed E-state index contributed by atoms with van der Waals surface area (Å²) in [6, 6.07) is 2.94. The molecule has 2 N–H and O–H groups in total. The van der Waals surface area contributed by atoms with E-state index in [1.165, 1.54) is 0 Å². The van der Waals surface area contributed by atoms with Crippen molar-refractivity contribution in [3.8, 4) is 5.75 Å². The lowest BCUT2D eigenvalue weighted by molar-refractivity contribution is -0.142. The first-order valence-electron chi connectivity index (χ1n) is 7.08. The van der Waals surface area contributed by atoms with Crippen LogP contribution in [0, 0.1) is 5.92 Å². The van der Waals surface area contributed by atoms with Crippen LogP contribution in [-0.4, -0.2) is 29.6 Å². The van der Waals surface area contributed by atoms with Crippen molar-refractivity contribution in [2.45, 2.75) is 31.5 Å². The van der Waals surface area contributed by atoms with Gasteiger partial charge in [-0.2, -0.15) is 13.2 Å². The first-order valence-corrected chi connectivity index (χ1v) is 7.08. The van der Waals surface area contributed by atoms with Crippen LogP contribution in [0.25, 0.3) is 0 Å². The molecule has 0 bridgehead atoms. The first kappa shape index (κ1) is 17.1. The van der Waals surface area contributed by atoms with Crippen LogP contribution in [0.3, 0.4) is 0 Å². The maximum absolute atomic E-state index is 12.4. The zero-order valence-electron chi connectivity index (χ0n) is 12.1. The zero-order valence-corrected chi connectivity index (χ0v) is 12.1. The van der Waals surface area contributed by atoms with Crippen molar-refractivity contribution in [1.29, 1.82) is 0 Å². The summed E-state index contributed by atoms with van der Waals surface area (Å²) in [5.41, 5.74) is -0.815. The smallest absolute Gasteiger partial charge is 0.416 e. The average Bonchev–Trinajstić information content (AvgIpc) is 3.28. The SMILES string of the molecule is O=C(COc1ccc(C(F)(F)F)cc1)NC(CC1CC1)C(=O)O. The second-order valence-corrected chi connectivity index (χ2v) is 5.45. The van der Waals surface area contributed by atoms with E-state index in [4.69, 9.17) is 9.84 Å². The average molecular weight is 331 g/mol. The number of carbonyl (C=O) groups is 2. The molecule has 1 aromatic carbocycles. The number of hydrogen-bond donors (Lipinski definition) is 2. The van der Waals surface area contributed by atoms with Crippen molar-refractivity contribution < 1.29 is 32.6 Å². The fourth-order valence-electron chi connectivity index (χ4n) is 2.03. The standard InChI is InChI=1S/C15H16F3NO4/c16-15(17,18)10-3-5-11(6-4-10)23-8-13(20)19-12(14(21)22)7-9-1-2-9/h3-6,9,12H,1-2,7-8H2,(H,19,20)(H,21,22). The molecule has 8 heteroatoms. The van der Waals surface area contributed by atoms with Crippen molar-refractivity contribution in [2.24, 2.45) is 5.92 Å². The third kappa shape index (κ3) is 5.46. The van der Waals surface area contributed by atoms with Gasteiger partial charge in [-0.15, -0.1) is 0 Å². The molecule has 0 spiro atoms. The summed E-state index contributed by atoms with van der Waals surface area (Å²) < 4.78 is 42.3. The van der Waals surface area contributed by atoms with Gasteiger partial charge in [0.25, 0.3) is 5.91 Å². The minimum atomic E-state index is -4.44. The summed E-state index contributed by atoms with van der Waals surface area (Å²) in [4.78, 5) is 22.7. The number of amides is 1. The number of nitrogens with one attached hydrogen (secondary N) is 1. The number of halogens is 3. The van der Waals surface area contributed by atoms with Crippen LogP contribution >= 0.6 is 0 Å². The Morgan fingerprint density at radius 1 is 1.26 bits per heavy atom. The Hall–Kier alpha value is -2.25.